The summed E-state index contributed by atoms with van der Waals surface area (Å²) < 4.78 is 7.23. The van der Waals surface area contributed by atoms with E-state index in [4.69, 9.17) is 4.74 Å². The summed E-state index contributed by atoms with van der Waals surface area (Å²) in [6, 6.07) is 0. The molecule has 1 amide bonds. The van der Waals surface area contributed by atoms with Crippen LogP contribution < -0.4 is 10.6 Å². The number of morpholine rings is 1. The molecule has 27 heavy (non-hydrogen) atoms. The number of anilines is 2. The average Bonchev–Trinajstić information content (AvgIpc) is 3.03. The minimum atomic E-state index is -0.304. The Morgan fingerprint density at radius 3 is 2.70 bits per heavy atom. The maximum atomic E-state index is 12.7. The third-order valence-corrected chi connectivity index (χ3v) is 5.10. The molecule has 0 atom stereocenters. The predicted molar refractivity (Wildman–Crippen MR) is 104 cm³/mol. The van der Waals surface area contributed by atoms with Crippen molar-refractivity contribution in [3.8, 4) is 0 Å². The lowest BCUT2D eigenvalue weighted by atomic mass is 10.0. The van der Waals surface area contributed by atoms with Crippen LogP contribution in [0.3, 0.4) is 0 Å². The number of rotatable bonds is 7. The van der Waals surface area contributed by atoms with E-state index in [0.29, 0.717) is 55.7 Å². The maximum Gasteiger partial charge on any atom is 0.261 e. The van der Waals surface area contributed by atoms with Crippen LogP contribution in [0.1, 0.15) is 27.7 Å². The molecule has 0 bridgehead atoms. The lowest BCUT2D eigenvalue weighted by Crippen LogP contribution is -2.56. The first-order chi connectivity index (χ1) is 13.0. The van der Waals surface area contributed by atoms with Crippen LogP contribution in [0, 0.1) is 0 Å². The van der Waals surface area contributed by atoms with Crippen LogP contribution in [0.4, 0.5) is 11.9 Å². The number of hydrogen-bond acceptors (Lipinski definition) is 9. The van der Waals surface area contributed by atoms with Crippen LogP contribution in [0.25, 0.3) is 5.78 Å². The fraction of sp³-hybridized carbons (Fsp3) is 0.688. The van der Waals surface area contributed by atoms with Gasteiger partial charge in [0.2, 0.25) is 17.8 Å². The van der Waals surface area contributed by atoms with Crippen LogP contribution in [0.15, 0.2) is 5.16 Å². The van der Waals surface area contributed by atoms with Crippen LogP contribution in [0.2, 0.25) is 0 Å². The van der Waals surface area contributed by atoms with E-state index < -0.39 is 0 Å². The molecule has 11 heteroatoms. The summed E-state index contributed by atoms with van der Waals surface area (Å²) in [5.41, 5.74) is -0.304. The van der Waals surface area contributed by atoms with Gasteiger partial charge in [-0.05, 0) is 27.7 Å². The third kappa shape index (κ3) is 4.24. The molecule has 10 nitrogen and oxygen atoms in total. The summed E-state index contributed by atoms with van der Waals surface area (Å²) in [6.45, 7) is 11.1. The van der Waals surface area contributed by atoms with Crippen molar-refractivity contribution >= 4 is 35.3 Å². The van der Waals surface area contributed by atoms with Gasteiger partial charge in [0.25, 0.3) is 5.78 Å². The second-order valence-electron chi connectivity index (χ2n) is 6.75. The Balaban J connectivity index is 1.79. The van der Waals surface area contributed by atoms with Crippen molar-refractivity contribution in [3.05, 3.63) is 0 Å². The van der Waals surface area contributed by atoms with Gasteiger partial charge in [0.1, 0.15) is 0 Å². The molecule has 3 heterocycles. The minimum absolute atomic E-state index is 0.0558. The lowest BCUT2D eigenvalue weighted by Gasteiger charge is -2.42. The smallest absolute Gasteiger partial charge is 0.261 e. The Kier molecular flexibility index (Phi) is 6.00. The van der Waals surface area contributed by atoms with Gasteiger partial charge in [0.15, 0.2) is 5.16 Å². The zero-order valence-corrected chi connectivity index (χ0v) is 17.0. The van der Waals surface area contributed by atoms with E-state index in [0.717, 1.165) is 0 Å². The highest BCUT2D eigenvalue weighted by molar-refractivity contribution is 7.99. The molecule has 2 aromatic rings. The van der Waals surface area contributed by atoms with Crippen LogP contribution in [0.5, 0.6) is 0 Å². The first kappa shape index (κ1) is 19.6. The molecule has 2 N–H and O–H groups in total. The van der Waals surface area contributed by atoms with E-state index in [-0.39, 0.29) is 17.2 Å². The number of nitrogens with one attached hydrogen (secondary N) is 2. The zero-order valence-electron chi connectivity index (χ0n) is 16.2. The van der Waals surface area contributed by atoms with Crippen molar-refractivity contribution in [3.63, 3.8) is 0 Å². The number of ether oxygens (including phenoxy) is 1. The quantitative estimate of drug-likeness (QED) is 0.667. The van der Waals surface area contributed by atoms with Crippen molar-refractivity contribution in [2.24, 2.45) is 0 Å². The molecule has 1 fully saturated rings. The monoisotopic (exact) mass is 394 g/mol. The van der Waals surface area contributed by atoms with Crippen molar-refractivity contribution in [1.29, 1.82) is 0 Å². The topological polar surface area (TPSA) is 110 Å². The Morgan fingerprint density at radius 2 is 2.00 bits per heavy atom. The van der Waals surface area contributed by atoms with Crippen molar-refractivity contribution in [2.75, 3.05) is 49.2 Å². The normalized spacial score (nSPS) is 16.5. The summed E-state index contributed by atoms with van der Waals surface area (Å²) in [5.74, 6) is 1.87. The minimum Gasteiger partial charge on any atom is -0.377 e. The van der Waals surface area contributed by atoms with E-state index in [1.807, 2.05) is 32.6 Å². The van der Waals surface area contributed by atoms with Crippen molar-refractivity contribution in [1.82, 2.24) is 29.5 Å². The number of hydrogen-bond donors (Lipinski definition) is 2. The fourth-order valence-corrected chi connectivity index (χ4v) is 3.73. The van der Waals surface area contributed by atoms with Crippen LogP contribution in [-0.2, 0) is 9.53 Å². The summed E-state index contributed by atoms with van der Waals surface area (Å²) in [6.07, 6.45) is 0. The summed E-state index contributed by atoms with van der Waals surface area (Å²) >= 11 is 1.34. The molecular weight excluding hydrogens is 368 g/mol. The van der Waals surface area contributed by atoms with E-state index in [1.165, 1.54) is 11.8 Å². The summed E-state index contributed by atoms with van der Waals surface area (Å²) in [4.78, 5) is 23.5. The molecule has 1 aliphatic heterocycles. The molecule has 0 radical (unpaired) electrons. The predicted octanol–water partition coefficient (Wildman–Crippen LogP) is 1.11. The Bertz CT molecular complexity index is 809. The van der Waals surface area contributed by atoms with E-state index >= 15 is 0 Å². The Labute approximate surface area is 162 Å². The largest absolute Gasteiger partial charge is 0.377 e. The number of carbonyl (C=O) groups excluding carboxylic acids is 1. The molecule has 0 unspecified atom stereocenters. The first-order valence-electron chi connectivity index (χ1n) is 9.08. The number of nitrogens with zero attached hydrogens (tertiary/aromatic N) is 6. The molecule has 3 rings (SSSR count). The standard InChI is InChI=1S/C16H26N8O2S/c1-5-17-12-19-13(18-6-2)24-14(20-12)21-22-15(24)27-9-11(25)23-7-8-26-10-16(23,3)4/h5-10H2,1-4H3,(H2,17,18,19,20,21). The van der Waals surface area contributed by atoms with Gasteiger partial charge in [-0.25, -0.2) is 4.40 Å². The lowest BCUT2D eigenvalue weighted by molar-refractivity contribution is -0.143. The van der Waals surface area contributed by atoms with Gasteiger partial charge in [-0.3, -0.25) is 4.79 Å². The molecule has 1 aliphatic rings. The number of aromatic nitrogens is 5. The molecule has 148 valence electrons. The van der Waals surface area contributed by atoms with E-state index in [1.54, 1.807) is 4.40 Å². The summed E-state index contributed by atoms with van der Waals surface area (Å²) in [5, 5.41) is 15.2. The Hall–Kier alpha value is -2.14. The summed E-state index contributed by atoms with van der Waals surface area (Å²) in [7, 11) is 0. The van der Waals surface area contributed by atoms with Crippen LogP contribution in [-0.4, -0.2) is 79.5 Å². The van der Waals surface area contributed by atoms with Gasteiger partial charge >= 0.3 is 0 Å². The molecule has 1 saturated heterocycles. The van der Waals surface area contributed by atoms with Gasteiger partial charge in [-0.1, -0.05) is 11.8 Å². The van der Waals surface area contributed by atoms with Gasteiger partial charge in [0.05, 0.1) is 24.5 Å². The first-order valence-corrected chi connectivity index (χ1v) is 10.1. The van der Waals surface area contributed by atoms with Crippen molar-refractivity contribution < 1.29 is 9.53 Å². The highest BCUT2D eigenvalue weighted by Crippen LogP contribution is 2.24. The van der Waals surface area contributed by atoms with E-state index in [9.17, 15) is 4.79 Å². The second-order valence-corrected chi connectivity index (χ2v) is 7.69. The number of carbonyl (C=O) groups is 1. The molecule has 2 aromatic heterocycles. The third-order valence-electron chi connectivity index (χ3n) is 4.19. The highest BCUT2D eigenvalue weighted by Gasteiger charge is 2.34. The molecule has 0 aromatic carbocycles. The zero-order chi connectivity index (χ0) is 19.4. The molecular formula is C16H26N8O2S. The molecule has 0 aliphatic carbocycles. The second kappa shape index (κ2) is 8.26. The number of fused-ring (bicyclic) bond motifs is 1. The molecule has 0 spiro atoms. The highest BCUT2D eigenvalue weighted by atomic mass is 32.2. The van der Waals surface area contributed by atoms with Crippen LogP contribution >= 0.6 is 11.8 Å². The van der Waals surface area contributed by atoms with E-state index in [2.05, 4.69) is 30.8 Å². The van der Waals surface area contributed by atoms with Gasteiger partial charge in [0, 0.05) is 19.6 Å². The number of thioether (sulfide) groups is 1. The molecule has 0 saturated carbocycles. The number of amides is 1. The SMILES string of the molecule is CCNc1nc(NCC)n2c(SCC(=O)N3CCOCC3(C)C)nnc2n1. The van der Waals surface area contributed by atoms with Crippen molar-refractivity contribution in [2.45, 2.75) is 38.4 Å². The fourth-order valence-electron chi connectivity index (χ4n) is 2.92. The van der Waals surface area contributed by atoms with Gasteiger partial charge in [-0.15, -0.1) is 10.2 Å². The van der Waals surface area contributed by atoms with Gasteiger partial charge < -0.3 is 20.3 Å². The van der Waals surface area contributed by atoms with Gasteiger partial charge in [-0.2, -0.15) is 9.97 Å². The maximum absolute atomic E-state index is 12.7. The Morgan fingerprint density at radius 1 is 1.22 bits per heavy atom. The average molecular weight is 395 g/mol.